The highest BCUT2D eigenvalue weighted by Gasteiger charge is 2.18. The molecular weight excluding hydrogens is 494 g/mol. The van der Waals surface area contributed by atoms with Crippen molar-refractivity contribution in [3.8, 4) is 33.5 Å². The lowest BCUT2D eigenvalue weighted by Crippen LogP contribution is -1.92. The van der Waals surface area contributed by atoms with Crippen molar-refractivity contribution in [2.45, 2.75) is 6.92 Å². The average molecular weight is 522 g/mol. The average Bonchev–Trinajstić information content (AvgIpc) is 3.03. The summed E-state index contributed by atoms with van der Waals surface area (Å²) in [6.07, 6.45) is 1.90. The SMILES string of the molecule is Cc1ccnc(-c2ccc3c(-c4ccc5ccccc5c4)c4ccccc4c(-c4ccc5ccccc5c4)c3c2)c1. The maximum atomic E-state index is 4.74. The molecule has 8 aromatic rings. The van der Waals surface area contributed by atoms with Gasteiger partial charge in [-0.25, -0.2) is 0 Å². The van der Waals surface area contributed by atoms with Crippen LogP contribution in [0.1, 0.15) is 5.56 Å². The molecule has 1 aromatic heterocycles. The van der Waals surface area contributed by atoms with E-state index in [-0.39, 0.29) is 0 Å². The topological polar surface area (TPSA) is 12.9 Å². The van der Waals surface area contributed by atoms with Crippen molar-refractivity contribution in [3.05, 3.63) is 151 Å². The minimum atomic E-state index is 0.997. The minimum absolute atomic E-state index is 0.997. The zero-order valence-corrected chi connectivity index (χ0v) is 22.8. The van der Waals surface area contributed by atoms with Crippen LogP contribution in [0, 0.1) is 6.92 Å². The molecule has 0 N–H and O–H groups in total. The van der Waals surface area contributed by atoms with E-state index < -0.39 is 0 Å². The predicted octanol–water partition coefficient (Wildman–Crippen LogP) is 11.0. The summed E-state index contributed by atoms with van der Waals surface area (Å²) in [5.41, 5.74) is 8.33. The largest absolute Gasteiger partial charge is 0.256 e. The van der Waals surface area contributed by atoms with Crippen molar-refractivity contribution in [1.82, 2.24) is 4.98 Å². The molecule has 1 heteroatoms. The Morgan fingerprint density at radius 1 is 0.390 bits per heavy atom. The van der Waals surface area contributed by atoms with E-state index in [9.17, 15) is 0 Å². The van der Waals surface area contributed by atoms with Gasteiger partial charge in [-0.05, 0) is 108 Å². The van der Waals surface area contributed by atoms with Crippen LogP contribution in [-0.4, -0.2) is 4.98 Å². The predicted molar refractivity (Wildman–Crippen MR) is 175 cm³/mol. The number of pyridine rings is 1. The van der Waals surface area contributed by atoms with E-state index in [1.165, 1.54) is 70.9 Å². The summed E-state index contributed by atoms with van der Waals surface area (Å²) in [6, 6.07) is 50.9. The first-order valence-corrected chi connectivity index (χ1v) is 14.1. The lowest BCUT2D eigenvalue weighted by molar-refractivity contribution is 1.29. The van der Waals surface area contributed by atoms with Gasteiger partial charge in [-0.2, -0.15) is 0 Å². The molecule has 0 aliphatic heterocycles. The summed E-state index contributed by atoms with van der Waals surface area (Å²) < 4.78 is 0. The number of aromatic nitrogens is 1. The number of rotatable bonds is 3. The molecule has 8 rings (SSSR count). The van der Waals surface area contributed by atoms with E-state index >= 15 is 0 Å². The van der Waals surface area contributed by atoms with Gasteiger partial charge in [-0.3, -0.25) is 4.98 Å². The number of benzene rings is 7. The van der Waals surface area contributed by atoms with E-state index in [4.69, 9.17) is 4.98 Å². The van der Waals surface area contributed by atoms with Crippen molar-refractivity contribution in [2.24, 2.45) is 0 Å². The molecular formula is C40H27N. The summed E-state index contributed by atoms with van der Waals surface area (Å²) in [5.74, 6) is 0. The Kier molecular flexibility index (Phi) is 5.43. The van der Waals surface area contributed by atoms with Crippen molar-refractivity contribution < 1.29 is 0 Å². The van der Waals surface area contributed by atoms with Gasteiger partial charge >= 0.3 is 0 Å². The molecule has 41 heavy (non-hydrogen) atoms. The van der Waals surface area contributed by atoms with Gasteiger partial charge in [0.1, 0.15) is 0 Å². The third-order valence-corrected chi connectivity index (χ3v) is 8.31. The van der Waals surface area contributed by atoms with Crippen LogP contribution in [0.3, 0.4) is 0 Å². The molecule has 0 spiro atoms. The second kappa shape index (κ2) is 9.43. The van der Waals surface area contributed by atoms with Crippen LogP contribution < -0.4 is 0 Å². The van der Waals surface area contributed by atoms with E-state index in [0.717, 1.165) is 11.3 Å². The first-order valence-electron chi connectivity index (χ1n) is 14.1. The second-order valence-corrected chi connectivity index (χ2v) is 10.9. The van der Waals surface area contributed by atoms with Gasteiger partial charge < -0.3 is 0 Å². The molecule has 0 saturated heterocycles. The zero-order chi connectivity index (χ0) is 27.3. The molecule has 192 valence electrons. The fraction of sp³-hybridized carbons (Fsp3) is 0.0250. The Labute approximate surface area is 239 Å². The van der Waals surface area contributed by atoms with Gasteiger partial charge in [-0.1, -0.05) is 109 Å². The molecule has 7 aromatic carbocycles. The Bertz CT molecular complexity index is 2270. The minimum Gasteiger partial charge on any atom is -0.256 e. The van der Waals surface area contributed by atoms with Crippen molar-refractivity contribution in [3.63, 3.8) is 0 Å². The summed E-state index contributed by atoms with van der Waals surface area (Å²) in [7, 11) is 0. The Morgan fingerprint density at radius 3 is 1.51 bits per heavy atom. The van der Waals surface area contributed by atoms with Gasteiger partial charge in [0.2, 0.25) is 0 Å². The van der Waals surface area contributed by atoms with E-state index in [1.54, 1.807) is 0 Å². The molecule has 0 fully saturated rings. The summed E-state index contributed by atoms with van der Waals surface area (Å²) in [6.45, 7) is 2.12. The molecule has 0 aliphatic rings. The molecule has 0 unspecified atom stereocenters. The van der Waals surface area contributed by atoms with Gasteiger partial charge in [0.15, 0.2) is 0 Å². The van der Waals surface area contributed by atoms with E-state index in [1.807, 2.05) is 6.20 Å². The summed E-state index contributed by atoms with van der Waals surface area (Å²) in [5, 5.41) is 10.0. The van der Waals surface area contributed by atoms with Crippen molar-refractivity contribution in [2.75, 3.05) is 0 Å². The highest BCUT2D eigenvalue weighted by molar-refractivity contribution is 6.22. The van der Waals surface area contributed by atoms with Gasteiger partial charge in [0, 0.05) is 11.8 Å². The maximum Gasteiger partial charge on any atom is 0.0704 e. The van der Waals surface area contributed by atoms with Crippen LogP contribution in [0.2, 0.25) is 0 Å². The normalized spacial score (nSPS) is 11.5. The first-order chi connectivity index (χ1) is 20.2. The monoisotopic (exact) mass is 521 g/mol. The summed E-state index contributed by atoms with van der Waals surface area (Å²) >= 11 is 0. The molecule has 0 amide bonds. The Hall–Kier alpha value is -5.27. The van der Waals surface area contributed by atoms with Crippen molar-refractivity contribution >= 4 is 43.1 Å². The Balaban J connectivity index is 1.51. The third kappa shape index (κ3) is 3.98. The van der Waals surface area contributed by atoms with Gasteiger partial charge in [0.05, 0.1) is 5.69 Å². The molecule has 0 bridgehead atoms. The van der Waals surface area contributed by atoms with Gasteiger partial charge in [-0.15, -0.1) is 0 Å². The molecule has 0 atom stereocenters. The van der Waals surface area contributed by atoms with E-state index in [0.29, 0.717) is 0 Å². The molecule has 0 saturated carbocycles. The third-order valence-electron chi connectivity index (χ3n) is 8.31. The van der Waals surface area contributed by atoms with Crippen LogP contribution >= 0.6 is 0 Å². The quantitative estimate of drug-likeness (QED) is 0.211. The smallest absolute Gasteiger partial charge is 0.0704 e. The first kappa shape index (κ1) is 23.6. The fourth-order valence-corrected chi connectivity index (χ4v) is 6.34. The lowest BCUT2D eigenvalue weighted by Gasteiger charge is -2.19. The highest BCUT2D eigenvalue weighted by Crippen LogP contribution is 2.45. The van der Waals surface area contributed by atoms with Gasteiger partial charge in [0.25, 0.3) is 0 Å². The number of nitrogens with zero attached hydrogens (tertiary/aromatic N) is 1. The van der Waals surface area contributed by atoms with Crippen molar-refractivity contribution in [1.29, 1.82) is 0 Å². The van der Waals surface area contributed by atoms with Crippen LogP contribution in [0.5, 0.6) is 0 Å². The summed E-state index contributed by atoms with van der Waals surface area (Å²) in [4.78, 5) is 4.74. The van der Waals surface area contributed by atoms with Crippen LogP contribution in [0.15, 0.2) is 146 Å². The molecule has 1 heterocycles. The zero-order valence-electron chi connectivity index (χ0n) is 22.8. The standard InChI is InChI=1S/C40H27N/c1-26-20-21-41-38(22-26)31-18-19-36-37(25-31)40(33-17-15-28-9-3-5-11-30(28)24-33)35-13-7-6-12-34(35)39(36)32-16-14-27-8-2-4-10-29(27)23-32/h2-25H,1H3. The van der Waals surface area contributed by atoms with E-state index in [2.05, 4.69) is 146 Å². The fourth-order valence-electron chi connectivity index (χ4n) is 6.34. The highest BCUT2D eigenvalue weighted by atomic mass is 14.7. The maximum absolute atomic E-state index is 4.74. The Morgan fingerprint density at radius 2 is 0.902 bits per heavy atom. The number of fused-ring (bicyclic) bond motifs is 4. The molecule has 0 radical (unpaired) electrons. The number of hydrogen-bond donors (Lipinski definition) is 0. The molecule has 0 aliphatic carbocycles. The van der Waals surface area contributed by atoms with Crippen LogP contribution in [-0.2, 0) is 0 Å². The lowest BCUT2D eigenvalue weighted by atomic mass is 9.84. The van der Waals surface area contributed by atoms with Crippen LogP contribution in [0.4, 0.5) is 0 Å². The van der Waals surface area contributed by atoms with Crippen LogP contribution in [0.25, 0.3) is 76.6 Å². The number of aryl methyl sites for hydroxylation is 1. The molecule has 1 nitrogen and oxygen atoms in total. The number of hydrogen-bond acceptors (Lipinski definition) is 1. The second-order valence-electron chi connectivity index (χ2n) is 10.9.